The van der Waals surface area contributed by atoms with Crippen LogP contribution in [0.2, 0.25) is 0 Å². The average molecular weight is 297 g/mol. The standard InChI is InChI=1S/C18H23N3O/c1-20-11-5-9-16(20)17-10-6-12-21(17)14-18(22)19-13-15-7-3-2-4-8-15/h2-5,7-9,11,17H,6,10,12-14H2,1H3,(H,19,22)/t17-/m0/s1. The van der Waals surface area contributed by atoms with Gasteiger partial charge in [0.1, 0.15) is 0 Å². The van der Waals surface area contributed by atoms with E-state index in [-0.39, 0.29) is 5.91 Å². The fraction of sp³-hybridized carbons (Fsp3) is 0.389. The van der Waals surface area contributed by atoms with E-state index in [0.29, 0.717) is 19.1 Å². The molecule has 1 amide bonds. The van der Waals surface area contributed by atoms with E-state index in [1.165, 1.54) is 5.69 Å². The summed E-state index contributed by atoms with van der Waals surface area (Å²) in [5.41, 5.74) is 2.43. The van der Waals surface area contributed by atoms with Crippen molar-refractivity contribution >= 4 is 5.91 Å². The molecule has 1 aromatic carbocycles. The van der Waals surface area contributed by atoms with Gasteiger partial charge in [0.25, 0.3) is 0 Å². The van der Waals surface area contributed by atoms with Crippen molar-refractivity contribution in [3.05, 3.63) is 59.9 Å². The Balaban J connectivity index is 1.55. The molecule has 0 aliphatic carbocycles. The number of hydrogen-bond donors (Lipinski definition) is 1. The topological polar surface area (TPSA) is 37.3 Å². The van der Waals surface area contributed by atoms with Gasteiger partial charge < -0.3 is 9.88 Å². The SMILES string of the molecule is Cn1cccc1[C@@H]1CCCN1CC(=O)NCc1ccccc1. The Kier molecular flexibility index (Phi) is 4.59. The van der Waals surface area contributed by atoms with E-state index >= 15 is 0 Å². The number of carbonyl (C=O) groups is 1. The lowest BCUT2D eigenvalue weighted by atomic mass is 10.1. The molecule has 22 heavy (non-hydrogen) atoms. The molecule has 4 heteroatoms. The largest absolute Gasteiger partial charge is 0.353 e. The fourth-order valence-electron chi connectivity index (χ4n) is 3.21. The highest BCUT2D eigenvalue weighted by Crippen LogP contribution is 2.31. The minimum absolute atomic E-state index is 0.102. The molecule has 2 heterocycles. The highest BCUT2D eigenvalue weighted by atomic mass is 16.2. The maximum absolute atomic E-state index is 12.2. The Hall–Kier alpha value is -2.07. The monoisotopic (exact) mass is 297 g/mol. The number of rotatable bonds is 5. The van der Waals surface area contributed by atoms with Crippen molar-refractivity contribution in [2.75, 3.05) is 13.1 Å². The maximum atomic E-state index is 12.2. The zero-order valence-electron chi connectivity index (χ0n) is 13.0. The lowest BCUT2D eigenvalue weighted by Gasteiger charge is -2.24. The van der Waals surface area contributed by atoms with Gasteiger partial charge in [-0.05, 0) is 37.1 Å². The minimum atomic E-state index is 0.102. The molecule has 1 saturated heterocycles. The average Bonchev–Trinajstić information content (AvgIpc) is 3.15. The summed E-state index contributed by atoms with van der Waals surface area (Å²) in [6.07, 6.45) is 4.35. The first-order valence-corrected chi connectivity index (χ1v) is 7.90. The number of aryl methyl sites for hydroxylation is 1. The second kappa shape index (κ2) is 6.79. The van der Waals surface area contributed by atoms with Gasteiger partial charge in [-0.1, -0.05) is 30.3 Å². The molecule has 1 aromatic heterocycles. The van der Waals surface area contributed by atoms with E-state index in [9.17, 15) is 4.79 Å². The molecule has 116 valence electrons. The smallest absolute Gasteiger partial charge is 0.234 e. The first-order chi connectivity index (χ1) is 10.7. The highest BCUT2D eigenvalue weighted by molar-refractivity contribution is 5.78. The van der Waals surface area contributed by atoms with Gasteiger partial charge in [0.05, 0.1) is 12.6 Å². The molecular weight excluding hydrogens is 274 g/mol. The molecule has 1 fully saturated rings. The zero-order valence-corrected chi connectivity index (χ0v) is 13.0. The second-order valence-corrected chi connectivity index (χ2v) is 5.93. The molecule has 0 spiro atoms. The Labute approximate surface area is 131 Å². The molecule has 4 nitrogen and oxygen atoms in total. The number of amides is 1. The number of hydrogen-bond acceptors (Lipinski definition) is 2. The molecule has 2 aromatic rings. The summed E-state index contributed by atoms with van der Waals surface area (Å²) >= 11 is 0. The van der Waals surface area contributed by atoms with Gasteiger partial charge in [-0.15, -0.1) is 0 Å². The van der Waals surface area contributed by atoms with Gasteiger partial charge in [0.2, 0.25) is 5.91 Å². The molecular formula is C18H23N3O. The summed E-state index contributed by atoms with van der Waals surface area (Å²) in [5, 5.41) is 3.02. The predicted octanol–water partition coefficient (Wildman–Crippen LogP) is 2.48. The second-order valence-electron chi connectivity index (χ2n) is 5.93. The van der Waals surface area contributed by atoms with Gasteiger partial charge in [-0.25, -0.2) is 0 Å². The first kappa shape index (κ1) is 14.9. The summed E-state index contributed by atoms with van der Waals surface area (Å²) in [7, 11) is 2.07. The maximum Gasteiger partial charge on any atom is 0.234 e. The number of likely N-dealkylation sites (tertiary alicyclic amines) is 1. The summed E-state index contributed by atoms with van der Waals surface area (Å²) in [5.74, 6) is 0.102. The van der Waals surface area contributed by atoms with Crippen LogP contribution < -0.4 is 5.32 Å². The quantitative estimate of drug-likeness (QED) is 0.920. The van der Waals surface area contributed by atoms with Crippen molar-refractivity contribution in [1.82, 2.24) is 14.8 Å². The van der Waals surface area contributed by atoms with Crippen molar-refractivity contribution in [3.8, 4) is 0 Å². The number of carbonyl (C=O) groups excluding carboxylic acids is 1. The first-order valence-electron chi connectivity index (χ1n) is 7.90. The summed E-state index contributed by atoms with van der Waals surface area (Å²) in [4.78, 5) is 14.5. The third kappa shape index (κ3) is 3.39. The summed E-state index contributed by atoms with van der Waals surface area (Å²) in [6.45, 7) is 2.07. The Bertz CT molecular complexity index is 620. The third-order valence-electron chi connectivity index (χ3n) is 4.37. The van der Waals surface area contributed by atoms with Gasteiger partial charge in [0.15, 0.2) is 0 Å². The van der Waals surface area contributed by atoms with Crippen molar-refractivity contribution in [2.24, 2.45) is 7.05 Å². The van der Waals surface area contributed by atoms with Crippen LogP contribution >= 0.6 is 0 Å². The fourth-order valence-corrected chi connectivity index (χ4v) is 3.21. The van der Waals surface area contributed by atoms with Crippen molar-refractivity contribution in [1.29, 1.82) is 0 Å². The van der Waals surface area contributed by atoms with E-state index in [1.54, 1.807) is 0 Å². The molecule has 1 aliphatic rings. The molecule has 1 aliphatic heterocycles. The number of benzene rings is 1. The molecule has 1 N–H and O–H groups in total. The van der Waals surface area contributed by atoms with Crippen LogP contribution in [0.3, 0.4) is 0 Å². The van der Waals surface area contributed by atoms with E-state index in [1.807, 2.05) is 30.3 Å². The van der Waals surface area contributed by atoms with E-state index in [0.717, 1.165) is 24.9 Å². The van der Waals surface area contributed by atoms with Crippen LogP contribution in [0.4, 0.5) is 0 Å². The number of nitrogens with zero attached hydrogens (tertiary/aromatic N) is 2. The van der Waals surface area contributed by atoms with Crippen LogP contribution in [0, 0.1) is 0 Å². The summed E-state index contributed by atoms with van der Waals surface area (Å²) in [6, 6.07) is 14.6. The van der Waals surface area contributed by atoms with Gasteiger partial charge in [0, 0.05) is 25.5 Å². The Morgan fingerprint density at radius 2 is 2.05 bits per heavy atom. The van der Waals surface area contributed by atoms with Crippen LogP contribution in [0.5, 0.6) is 0 Å². The predicted molar refractivity (Wildman–Crippen MR) is 87.2 cm³/mol. The van der Waals surface area contributed by atoms with Gasteiger partial charge in [-0.2, -0.15) is 0 Å². The lowest BCUT2D eigenvalue weighted by molar-refractivity contribution is -0.122. The van der Waals surface area contributed by atoms with E-state index in [4.69, 9.17) is 0 Å². The van der Waals surface area contributed by atoms with Crippen LogP contribution in [0.25, 0.3) is 0 Å². The van der Waals surface area contributed by atoms with E-state index < -0.39 is 0 Å². The van der Waals surface area contributed by atoms with E-state index in [2.05, 4.69) is 40.2 Å². The van der Waals surface area contributed by atoms with Crippen LogP contribution in [-0.2, 0) is 18.4 Å². The zero-order chi connectivity index (χ0) is 15.4. The Morgan fingerprint density at radius 3 is 2.77 bits per heavy atom. The summed E-state index contributed by atoms with van der Waals surface area (Å²) < 4.78 is 2.16. The van der Waals surface area contributed by atoms with Crippen molar-refractivity contribution < 1.29 is 4.79 Å². The molecule has 3 rings (SSSR count). The van der Waals surface area contributed by atoms with Crippen LogP contribution in [0.1, 0.15) is 30.1 Å². The number of aromatic nitrogens is 1. The molecule has 0 unspecified atom stereocenters. The highest BCUT2D eigenvalue weighted by Gasteiger charge is 2.28. The molecule has 0 bridgehead atoms. The Morgan fingerprint density at radius 1 is 1.23 bits per heavy atom. The van der Waals surface area contributed by atoms with Crippen molar-refractivity contribution in [3.63, 3.8) is 0 Å². The minimum Gasteiger partial charge on any atom is -0.353 e. The lowest BCUT2D eigenvalue weighted by Crippen LogP contribution is -2.37. The molecule has 1 atom stereocenters. The van der Waals surface area contributed by atoms with Crippen molar-refractivity contribution in [2.45, 2.75) is 25.4 Å². The molecule has 0 saturated carbocycles. The third-order valence-corrected chi connectivity index (χ3v) is 4.37. The van der Waals surface area contributed by atoms with Crippen LogP contribution in [-0.4, -0.2) is 28.5 Å². The van der Waals surface area contributed by atoms with Crippen LogP contribution in [0.15, 0.2) is 48.7 Å². The van der Waals surface area contributed by atoms with Gasteiger partial charge in [-0.3, -0.25) is 9.69 Å². The number of nitrogens with one attached hydrogen (secondary N) is 1. The normalized spacial score (nSPS) is 18.5. The van der Waals surface area contributed by atoms with Gasteiger partial charge >= 0.3 is 0 Å². The molecule has 0 radical (unpaired) electrons.